The van der Waals surface area contributed by atoms with Crippen LogP contribution in [0.15, 0.2) is 6.07 Å². The van der Waals surface area contributed by atoms with E-state index in [1.54, 1.807) is 6.07 Å². The third kappa shape index (κ3) is 3.97. The number of carbonyl (C=O) groups is 1. The second-order valence-corrected chi connectivity index (χ2v) is 6.41. The fourth-order valence-corrected chi connectivity index (χ4v) is 2.84. The van der Waals surface area contributed by atoms with Gasteiger partial charge < -0.3 is 10.2 Å². The van der Waals surface area contributed by atoms with Crippen molar-refractivity contribution in [1.29, 1.82) is 0 Å². The van der Waals surface area contributed by atoms with Crippen LogP contribution in [0, 0.1) is 20.8 Å². The van der Waals surface area contributed by atoms with Crippen LogP contribution in [0.5, 0.6) is 0 Å². The zero-order valence-electron chi connectivity index (χ0n) is 16.2. The fraction of sp³-hybridized carbons (Fsp3) is 0.556. The molecule has 1 amide bonds. The average Bonchev–Trinajstić information content (AvgIpc) is 2.84. The third-order valence-corrected chi connectivity index (χ3v) is 4.17. The Labute approximate surface area is 149 Å². The van der Waals surface area contributed by atoms with Crippen LogP contribution in [-0.2, 0) is 0 Å². The minimum absolute atomic E-state index is 0.236. The molecule has 2 aromatic rings. The minimum Gasteiger partial charge on any atom is -0.341 e. The number of nitrogens with zero attached hydrogens (tertiary/aromatic N) is 5. The van der Waals surface area contributed by atoms with E-state index in [4.69, 9.17) is 0 Å². The summed E-state index contributed by atoms with van der Waals surface area (Å²) in [6.07, 6.45) is 0. The van der Waals surface area contributed by atoms with E-state index in [0.29, 0.717) is 11.6 Å². The topological polar surface area (TPSA) is 75.9 Å². The Hall–Kier alpha value is -2.44. The van der Waals surface area contributed by atoms with E-state index in [9.17, 15) is 4.79 Å². The summed E-state index contributed by atoms with van der Waals surface area (Å²) in [5.41, 5.74) is 3.63. The van der Waals surface area contributed by atoms with Crippen LogP contribution in [-0.4, -0.2) is 38.7 Å². The maximum absolute atomic E-state index is 12.7. The van der Waals surface area contributed by atoms with Crippen molar-refractivity contribution in [3.8, 4) is 0 Å². The Morgan fingerprint density at radius 3 is 2.36 bits per heavy atom. The van der Waals surface area contributed by atoms with Gasteiger partial charge in [-0.3, -0.25) is 9.48 Å². The van der Waals surface area contributed by atoms with Gasteiger partial charge in [0.05, 0.1) is 17.1 Å². The van der Waals surface area contributed by atoms with Crippen molar-refractivity contribution in [2.75, 3.05) is 23.3 Å². The van der Waals surface area contributed by atoms with E-state index in [1.165, 1.54) is 0 Å². The first kappa shape index (κ1) is 18.9. The van der Waals surface area contributed by atoms with Gasteiger partial charge in [0.1, 0.15) is 5.69 Å². The van der Waals surface area contributed by atoms with Crippen LogP contribution in [0.3, 0.4) is 0 Å². The van der Waals surface area contributed by atoms with Crippen molar-refractivity contribution in [3.63, 3.8) is 0 Å². The number of anilines is 2. The molecule has 1 N–H and O–H groups in total. The number of amides is 1. The minimum atomic E-state index is -0.242. The zero-order chi connectivity index (χ0) is 18.7. The third-order valence-electron chi connectivity index (χ3n) is 4.17. The highest BCUT2D eigenvalue weighted by atomic mass is 16.1. The van der Waals surface area contributed by atoms with E-state index in [0.717, 1.165) is 35.9 Å². The van der Waals surface area contributed by atoms with Crippen molar-refractivity contribution in [2.24, 2.45) is 0 Å². The molecule has 0 saturated carbocycles. The molecule has 2 heterocycles. The number of hydrogen-bond donors (Lipinski definition) is 1. The average molecular weight is 344 g/mol. The quantitative estimate of drug-likeness (QED) is 0.870. The molecule has 25 heavy (non-hydrogen) atoms. The number of nitrogens with one attached hydrogen (secondary N) is 1. The predicted octanol–water partition coefficient (Wildman–Crippen LogP) is 3.28. The van der Waals surface area contributed by atoms with Crippen LogP contribution in [0.1, 0.15) is 61.3 Å². The molecule has 0 atom stereocenters. The molecule has 7 nitrogen and oxygen atoms in total. The predicted molar refractivity (Wildman–Crippen MR) is 100 cm³/mol. The molecule has 0 spiro atoms. The monoisotopic (exact) mass is 344 g/mol. The van der Waals surface area contributed by atoms with Gasteiger partial charge in [-0.15, -0.1) is 0 Å². The van der Waals surface area contributed by atoms with Crippen molar-refractivity contribution in [2.45, 2.75) is 54.5 Å². The molecule has 0 aliphatic heterocycles. The highest BCUT2D eigenvalue weighted by Gasteiger charge is 2.19. The maximum atomic E-state index is 12.7. The van der Waals surface area contributed by atoms with Gasteiger partial charge >= 0.3 is 0 Å². The molecule has 0 aliphatic carbocycles. The smallest absolute Gasteiger partial charge is 0.274 e. The summed E-state index contributed by atoms with van der Waals surface area (Å²) in [4.78, 5) is 23.7. The Balaban J connectivity index is 2.33. The van der Waals surface area contributed by atoms with Gasteiger partial charge in [-0.25, -0.2) is 9.97 Å². The molecule has 136 valence electrons. The van der Waals surface area contributed by atoms with Crippen LogP contribution >= 0.6 is 0 Å². The first-order chi connectivity index (χ1) is 11.8. The first-order valence-electron chi connectivity index (χ1n) is 8.76. The van der Waals surface area contributed by atoms with E-state index >= 15 is 0 Å². The summed E-state index contributed by atoms with van der Waals surface area (Å²) in [5.74, 6) is 0.342. The molecular weight excluding hydrogens is 316 g/mol. The number of aryl methyl sites for hydroxylation is 2. The lowest BCUT2D eigenvalue weighted by Gasteiger charge is -2.19. The van der Waals surface area contributed by atoms with Crippen LogP contribution in [0.25, 0.3) is 0 Å². The first-order valence-corrected chi connectivity index (χ1v) is 8.76. The maximum Gasteiger partial charge on any atom is 0.274 e. The van der Waals surface area contributed by atoms with Crippen LogP contribution < -0.4 is 10.2 Å². The second kappa shape index (κ2) is 7.63. The Kier molecular flexibility index (Phi) is 5.77. The molecule has 0 aromatic carbocycles. The molecular formula is C18H28N6O. The van der Waals surface area contributed by atoms with Gasteiger partial charge in [0, 0.05) is 24.8 Å². The van der Waals surface area contributed by atoms with Crippen LogP contribution in [0.4, 0.5) is 11.6 Å². The number of carbonyl (C=O) groups excluding carboxylic acids is 1. The normalized spacial score (nSPS) is 11.0. The van der Waals surface area contributed by atoms with E-state index in [-0.39, 0.29) is 11.9 Å². The fourth-order valence-electron chi connectivity index (χ4n) is 2.84. The molecule has 2 aromatic heterocycles. The van der Waals surface area contributed by atoms with E-state index < -0.39 is 0 Å². The lowest BCUT2D eigenvalue weighted by Crippen LogP contribution is -2.26. The molecule has 0 saturated heterocycles. The van der Waals surface area contributed by atoms with Crippen molar-refractivity contribution in [1.82, 2.24) is 19.7 Å². The van der Waals surface area contributed by atoms with Crippen molar-refractivity contribution < 1.29 is 4.79 Å². The lowest BCUT2D eigenvalue weighted by atomic mass is 10.2. The molecule has 0 unspecified atom stereocenters. The van der Waals surface area contributed by atoms with Crippen molar-refractivity contribution in [3.05, 3.63) is 28.8 Å². The summed E-state index contributed by atoms with van der Waals surface area (Å²) in [6, 6.07) is 1.94. The van der Waals surface area contributed by atoms with Gasteiger partial charge in [0.2, 0.25) is 5.95 Å². The summed E-state index contributed by atoms with van der Waals surface area (Å²) in [6.45, 7) is 15.5. The summed E-state index contributed by atoms with van der Waals surface area (Å²) >= 11 is 0. The Bertz CT molecular complexity index is 761. The Morgan fingerprint density at radius 1 is 1.20 bits per heavy atom. The number of hydrogen-bond acceptors (Lipinski definition) is 5. The molecule has 0 fully saturated rings. The largest absolute Gasteiger partial charge is 0.341 e. The second-order valence-electron chi connectivity index (χ2n) is 6.41. The lowest BCUT2D eigenvalue weighted by molar-refractivity contribution is 0.102. The van der Waals surface area contributed by atoms with E-state index in [1.807, 2.05) is 44.2 Å². The van der Waals surface area contributed by atoms with Crippen LogP contribution in [0.2, 0.25) is 0 Å². The summed E-state index contributed by atoms with van der Waals surface area (Å²) in [7, 11) is 0. The van der Waals surface area contributed by atoms with Gasteiger partial charge in [0.15, 0.2) is 0 Å². The molecule has 0 aliphatic rings. The molecule has 0 radical (unpaired) electrons. The van der Waals surface area contributed by atoms with E-state index in [2.05, 4.69) is 34.2 Å². The molecule has 0 bridgehead atoms. The van der Waals surface area contributed by atoms with Gasteiger partial charge in [-0.2, -0.15) is 5.10 Å². The molecule has 2 rings (SSSR count). The summed E-state index contributed by atoms with van der Waals surface area (Å²) < 4.78 is 1.91. The number of aromatic nitrogens is 4. The van der Waals surface area contributed by atoms with Crippen molar-refractivity contribution >= 4 is 17.5 Å². The van der Waals surface area contributed by atoms with Gasteiger partial charge in [0.25, 0.3) is 5.91 Å². The highest BCUT2D eigenvalue weighted by Crippen LogP contribution is 2.23. The zero-order valence-corrected chi connectivity index (χ0v) is 16.2. The standard InChI is InChI=1S/C18H28N6O/c1-8-23(9-2)18-19-12(5)10-15(20-18)17(25)21-16-13(6)22-24(11(3)4)14(16)7/h10-11H,8-9H2,1-7H3,(H,21,25). The highest BCUT2D eigenvalue weighted by molar-refractivity contribution is 6.03. The van der Waals surface area contributed by atoms with Gasteiger partial charge in [-0.1, -0.05) is 0 Å². The number of rotatable bonds is 6. The molecule has 7 heteroatoms. The summed E-state index contributed by atoms with van der Waals surface area (Å²) in [5, 5.41) is 7.48. The Morgan fingerprint density at radius 2 is 1.84 bits per heavy atom. The van der Waals surface area contributed by atoms with Gasteiger partial charge in [-0.05, 0) is 54.5 Å². The SMILES string of the molecule is CCN(CC)c1nc(C)cc(C(=O)Nc2c(C)nn(C(C)C)c2C)n1.